The molecule has 5 nitrogen and oxygen atoms in total. The highest BCUT2D eigenvalue weighted by Crippen LogP contribution is 2.47. The number of hydrogen-bond acceptors (Lipinski definition) is 5. The Morgan fingerprint density at radius 3 is 1.83 bits per heavy atom. The van der Waals surface area contributed by atoms with Crippen LogP contribution < -0.4 is 0 Å². The number of fused-ring (bicyclic) bond motifs is 6. The van der Waals surface area contributed by atoms with Gasteiger partial charge in [0.2, 0.25) is 0 Å². The molecule has 53 heavy (non-hydrogen) atoms. The molecule has 7 aromatic carbocycles. The SMILES string of the molecule is c1ccc(-c2nc(-c3ccc(-c4ccc5c(c4)-c4ccnc6cccc-5c46)cc3)nc(-c3cccc(-c4cccc5oc6ccccc6c45)c3)n2)cc1. The number of para-hydroxylation sites is 1. The number of pyridine rings is 1. The van der Waals surface area contributed by atoms with Crippen LogP contribution in [0.2, 0.25) is 0 Å². The maximum atomic E-state index is 6.20. The van der Waals surface area contributed by atoms with E-state index in [0.29, 0.717) is 17.5 Å². The number of nitrogens with zero attached hydrogens (tertiary/aromatic N) is 4. The molecule has 246 valence electrons. The average molecular weight is 677 g/mol. The molecule has 10 aromatic rings. The van der Waals surface area contributed by atoms with Crippen molar-refractivity contribution >= 4 is 32.8 Å². The summed E-state index contributed by atoms with van der Waals surface area (Å²) in [5.41, 5.74) is 15.0. The summed E-state index contributed by atoms with van der Waals surface area (Å²) in [4.78, 5) is 19.7. The lowest BCUT2D eigenvalue weighted by molar-refractivity contribution is 0.669. The summed E-state index contributed by atoms with van der Waals surface area (Å²) in [6, 6.07) is 56.7. The molecular weight excluding hydrogens is 649 g/mol. The molecule has 0 atom stereocenters. The fourth-order valence-electron chi connectivity index (χ4n) is 7.84. The standard InChI is InChI=1S/C48H28N4O/c1-2-9-30(10-3-1)46-50-47(31-21-19-29(20-22-31)32-23-24-36-37-15-7-16-41-44(37)38(25-26-49-41)40(36)28-32)52-48(51-46)34-12-6-11-33(27-34)35-14-8-18-43-45(35)39-13-4-5-17-42(39)53-43/h1-28H. The number of hydrogen-bond donors (Lipinski definition) is 0. The average Bonchev–Trinajstić information content (AvgIpc) is 3.78. The lowest BCUT2D eigenvalue weighted by Gasteiger charge is -2.11. The van der Waals surface area contributed by atoms with Crippen LogP contribution in [0.25, 0.3) is 112 Å². The maximum Gasteiger partial charge on any atom is 0.164 e. The van der Waals surface area contributed by atoms with Crippen molar-refractivity contribution in [1.82, 2.24) is 19.9 Å². The predicted molar refractivity (Wildman–Crippen MR) is 214 cm³/mol. The highest BCUT2D eigenvalue weighted by Gasteiger charge is 2.22. The van der Waals surface area contributed by atoms with Gasteiger partial charge in [-0.25, -0.2) is 15.0 Å². The molecule has 3 heterocycles. The Bertz CT molecular complexity index is 3050. The highest BCUT2D eigenvalue weighted by atomic mass is 16.3. The predicted octanol–water partition coefficient (Wildman–Crippen LogP) is 12.3. The minimum Gasteiger partial charge on any atom is -0.456 e. The van der Waals surface area contributed by atoms with Gasteiger partial charge in [-0.1, -0.05) is 127 Å². The summed E-state index contributed by atoms with van der Waals surface area (Å²) in [6.45, 7) is 0. The third kappa shape index (κ3) is 4.79. The Morgan fingerprint density at radius 2 is 0.962 bits per heavy atom. The van der Waals surface area contributed by atoms with Gasteiger partial charge in [-0.3, -0.25) is 4.98 Å². The zero-order chi connectivity index (χ0) is 34.9. The number of furan rings is 1. The van der Waals surface area contributed by atoms with Gasteiger partial charge in [0.05, 0.1) is 5.52 Å². The third-order valence-corrected chi connectivity index (χ3v) is 10.3. The normalized spacial score (nSPS) is 11.8. The number of rotatable bonds is 5. The zero-order valence-corrected chi connectivity index (χ0v) is 28.4. The van der Waals surface area contributed by atoms with Crippen LogP contribution >= 0.6 is 0 Å². The van der Waals surface area contributed by atoms with Gasteiger partial charge in [-0.05, 0) is 80.9 Å². The van der Waals surface area contributed by atoms with Gasteiger partial charge >= 0.3 is 0 Å². The molecule has 0 spiro atoms. The minimum atomic E-state index is 0.617. The van der Waals surface area contributed by atoms with Crippen molar-refractivity contribution in [3.05, 3.63) is 170 Å². The molecule has 0 bridgehead atoms. The molecule has 0 N–H and O–H groups in total. The van der Waals surface area contributed by atoms with E-state index in [-0.39, 0.29) is 0 Å². The van der Waals surface area contributed by atoms with Crippen LogP contribution in [0.3, 0.4) is 0 Å². The van der Waals surface area contributed by atoms with Crippen molar-refractivity contribution in [2.75, 3.05) is 0 Å². The molecule has 0 amide bonds. The van der Waals surface area contributed by atoms with Gasteiger partial charge < -0.3 is 4.42 Å². The van der Waals surface area contributed by atoms with Crippen molar-refractivity contribution in [3.8, 4) is 78.7 Å². The Labute approximate surface area is 304 Å². The van der Waals surface area contributed by atoms with Crippen LogP contribution in [0.4, 0.5) is 0 Å². The zero-order valence-electron chi connectivity index (χ0n) is 28.4. The lowest BCUT2D eigenvalue weighted by atomic mass is 9.97. The first-order valence-electron chi connectivity index (χ1n) is 17.7. The van der Waals surface area contributed by atoms with E-state index >= 15 is 0 Å². The maximum absolute atomic E-state index is 6.20. The van der Waals surface area contributed by atoms with E-state index in [1.807, 2.05) is 60.8 Å². The fourth-order valence-corrected chi connectivity index (χ4v) is 7.84. The van der Waals surface area contributed by atoms with Gasteiger partial charge in [0.25, 0.3) is 0 Å². The van der Waals surface area contributed by atoms with Crippen LogP contribution in [0.5, 0.6) is 0 Å². The van der Waals surface area contributed by atoms with Crippen molar-refractivity contribution in [3.63, 3.8) is 0 Å². The third-order valence-electron chi connectivity index (χ3n) is 10.3. The number of aromatic nitrogens is 4. The van der Waals surface area contributed by atoms with Gasteiger partial charge in [0.15, 0.2) is 17.5 Å². The summed E-state index contributed by atoms with van der Waals surface area (Å²) < 4.78 is 6.20. The summed E-state index contributed by atoms with van der Waals surface area (Å²) in [5.74, 6) is 1.87. The Hall–Kier alpha value is -7.24. The molecule has 0 radical (unpaired) electrons. The summed E-state index contributed by atoms with van der Waals surface area (Å²) in [7, 11) is 0. The Balaban J connectivity index is 0.993. The highest BCUT2D eigenvalue weighted by molar-refractivity contribution is 6.15. The van der Waals surface area contributed by atoms with Crippen molar-refractivity contribution in [1.29, 1.82) is 0 Å². The van der Waals surface area contributed by atoms with Crippen LogP contribution in [0, 0.1) is 0 Å². The molecule has 0 saturated heterocycles. The molecule has 0 aliphatic heterocycles. The molecular formula is C48H28N4O. The van der Waals surface area contributed by atoms with E-state index in [1.54, 1.807) is 0 Å². The van der Waals surface area contributed by atoms with Gasteiger partial charge in [-0.15, -0.1) is 0 Å². The van der Waals surface area contributed by atoms with Crippen molar-refractivity contribution in [2.45, 2.75) is 0 Å². The summed E-state index contributed by atoms with van der Waals surface area (Å²) in [6.07, 6.45) is 1.91. The molecule has 3 aromatic heterocycles. The topological polar surface area (TPSA) is 64.7 Å². The second kappa shape index (κ2) is 11.7. The van der Waals surface area contributed by atoms with Gasteiger partial charge in [0, 0.05) is 39.0 Å². The van der Waals surface area contributed by atoms with E-state index in [1.165, 1.54) is 27.6 Å². The number of benzene rings is 7. The Kier molecular flexibility index (Phi) is 6.48. The van der Waals surface area contributed by atoms with E-state index in [4.69, 9.17) is 19.4 Å². The molecule has 0 fully saturated rings. The van der Waals surface area contributed by atoms with Gasteiger partial charge in [-0.2, -0.15) is 0 Å². The fraction of sp³-hybridized carbons (Fsp3) is 0. The molecule has 1 aliphatic carbocycles. The molecule has 0 saturated carbocycles. The summed E-state index contributed by atoms with van der Waals surface area (Å²) >= 11 is 0. The van der Waals surface area contributed by atoms with E-state index < -0.39 is 0 Å². The first-order valence-corrected chi connectivity index (χ1v) is 17.7. The minimum absolute atomic E-state index is 0.617. The first-order chi connectivity index (χ1) is 26.2. The lowest BCUT2D eigenvalue weighted by Crippen LogP contribution is -2.00. The molecule has 1 aliphatic rings. The second-order valence-corrected chi connectivity index (χ2v) is 13.4. The molecule has 5 heteroatoms. The first kappa shape index (κ1) is 29.5. The van der Waals surface area contributed by atoms with E-state index in [9.17, 15) is 0 Å². The van der Waals surface area contributed by atoms with E-state index in [2.05, 4.69) is 114 Å². The quantitative estimate of drug-likeness (QED) is 0.181. The van der Waals surface area contributed by atoms with E-state index in [0.717, 1.165) is 66.4 Å². The van der Waals surface area contributed by atoms with Gasteiger partial charge in [0.1, 0.15) is 11.2 Å². The molecule has 11 rings (SSSR count). The Morgan fingerprint density at radius 1 is 0.340 bits per heavy atom. The van der Waals surface area contributed by atoms with Crippen molar-refractivity contribution < 1.29 is 4.42 Å². The second-order valence-electron chi connectivity index (χ2n) is 13.4. The molecule has 0 unspecified atom stereocenters. The van der Waals surface area contributed by atoms with Crippen LogP contribution in [0.1, 0.15) is 0 Å². The summed E-state index contributed by atoms with van der Waals surface area (Å²) in [5, 5.41) is 3.43. The van der Waals surface area contributed by atoms with Crippen LogP contribution in [-0.2, 0) is 0 Å². The smallest absolute Gasteiger partial charge is 0.164 e. The van der Waals surface area contributed by atoms with Crippen molar-refractivity contribution in [2.24, 2.45) is 0 Å². The van der Waals surface area contributed by atoms with Crippen LogP contribution in [0.15, 0.2) is 174 Å². The monoisotopic (exact) mass is 676 g/mol. The largest absolute Gasteiger partial charge is 0.456 e. The van der Waals surface area contributed by atoms with Crippen LogP contribution in [-0.4, -0.2) is 19.9 Å².